The minimum absolute atomic E-state index is 0.258. The zero-order valence-electron chi connectivity index (χ0n) is 16.0. The normalized spacial score (nSPS) is 13.6. The molecule has 5 heteroatoms. The Morgan fingerprint density at radius 3 is 2.45 bits per heavy atom. The number of methoxy groups -OCH3 is 1. The van der Waals surface area contributed by atoms with Crippen molar-refractivity contribution >= 4 is 33.6 Å². The number of hydrogen-bond acceptors (Lipinski definition) is 4. The van der Waals surface area contributed by atoms with E-state index < -0.39 is 0 Å². The van der Waals surface area contributed by atoms with Crippen LogP contribution in [-0.2, 0) is 4.74 Å². The smallest absolute Gasteiger partial charge is 0.261 e. The minimum Gasteiger partial charge on any atom is -0.456 e. The number of amides is 2. The maximum Gasteiger partial charge on any atom is 0.261 e. The van der Waals surface area contributed by atoms with Gasteiger partial charge in [-0.2, -0.15) is 0 Å². The summed E-state index contributed by atoms with van der Waals surface area (Å²) in [5.74, 6) is 0.203. The molecule has 0 spiro atoms. The Morgan fingerprint density at radius 2 is 1.66 bits per heavy atom. The number of carbonyl (C=O) groups excluding carboxylic acids is 2. The van der Waals surface area contributed by atoms with E-state index >= 15 is 0 Å². The van der Waals surface area contributed by atoms with Crippen molar-refractivity contribution in [1.29, 1.82) is 0 Å². The van der Waals surface area contributed by atoms with E-state index in [9.17, 15) is 9.59 Å². The lowest BCUT2D eigenvalue weighted by molar-refractivity contribution is 0.0595. The Morgan fingerprint density at radius 1 is 0.897 bits per heavy atom. The van der Waals surface area contributed by atoms with Gasteiger partial charge in [0.1, 0.15) is 11.3 Å². The molecule has 0 bridgehead atoms. The van der Waals surface area contributed by atoms with Gasteiger partial charge in [-0.05, 0) is 42.1 Å². The molecule has 0 saturated heterocycles. The Labute approximate surface area is 167 Å². The van der Waals surface area contributed by atoms with Crippen molar-refractivity contribution < 1.29 is 18.7 Å². The van der Waals surface area contributed by atoms with Crippen LogP contribution in [0.5, 0.6) is 0 Å². The summed E-state index contributed by atoms with van der Waals surface area (Å²) < 4.78 is 11.1. The average Bonchev–Trinajstić information content (AvgIpc) is 3.18. The highest BCUT2D eigenvalue weighted by Gasteiger charge is 2.33. The lowest BCUT2D eigenvalue weighted by Gasteiger charge is -2.27. The van der Waals surface area contributed by atoms with Gasteiger partial charge in [0.05, 0.1) is 0 Å². The molecule has 0 saturated carbocycles. The van der Waals surface area contributed by atoms with E-state index in [2.05, 4.69) is 0 Å². The van der Waals surface area contributed by atoms with Gasteiger partial charge in [-0.3, -0.25) is 14.5 Å². The molecule has 0 unspecified atom stereocenters. The van der Waals surface area contributed by atoms with E-state index in [-0.39, 0.29) is 11.8 Å². The molecule has 0 aliphatic carbocycles. The summed E-state index contributed by atoms with van der Waals surface area (Å²) in [6.07, 6.45) is 0.607. The molecule has 0 fully saturated rings. The number of fused-ring (bicyclic) bond motifs is 1. The number of para-hydroxylation sites is 1. The standard InChI is InChI=1S/C24H19NO4/c1-28-13-5-12-25-23(26)18-8-4-7-17-16(10-11-19(22(17)18)24(25)27)21-14-15-6-2-3-9-20(15)29-21/h2-4,6-11,14H,5,12-13H2,1H3. The van der Waals surface area contributed by atoms with E-state index in [0.717, 1.165) is 27.7 Å². The Balaban J connectivity index is 1.66. The molecule has 3 aromatic carbocycles. The molecule has 5 nitrogen and oxygen atoms in total. The molecular formula is C24H19NO4. The summed E-state index contributed by atoms with van der Waals surface area (Å²) in [6, 6.07) is 19.1. The summed E-state index contributed by atoms with van der Waals surface area (Å²) in [5, 5.41) is 2.56. The third-order valence-electron chi connectivity index (χ3n) is 5.41. The van der Waals surface area contributed by atoms with Crippen molar-refractivity contribution in [2.45, 2.75) is 6.42 Å². The first-order valence-corrected chi connectivity index (χ1v) is 9.59. The van der Waals surface area contributed by atoms with E-state index in [4.69, 9.17) is 9.15 Å². The van der Waals surface area contributed by atoms with Gasteiger partial charge < -0.3 is 9.15 Å². The number of rotatable bonds is 5. The Kier molecular flexibility index (Phi) is 4.18. The maximum atomic E-state index is 13.0. The van der Waals surface area contributed by atoms with Crippen LogP contribution in [0, 0.1) is 0 Å². The molecule has 1 aromatic heterocycles. The van der Waals surface area contributed by atoms with Crippen LogP contribution in [0.15, 0.2) is 65.1 Å². The molecule has 5 rings (SSSR count). The summed E-state index contributed by atoms with van der Waals surface area (Å²) in [7, 11) is 1.61. The number of benzene rings is 3. The van der Waals surface area contributed by atoms with Gasteiger partial charge in [0, 0.05) is 47.7 Å². The lowest BCUT2D eigenvalue weighted by Crippen LogP contribution is -2.41. The molecule has 2 amide bonds. The zero-order valence-corrected chi connectivity index (χ0v) is 16.0. The molecule has 0 atom stereocenters. The van der Waals surface area contributed by atoms with Crippen molar-refractivity contribution in [3.63, 3.8) is 0 Å². The summed E-state index contributed by atoms with van der Waals surface area (Å²) in [6.45, 7) is 0.839. The number of ether oxygens (including phenoxy) is 1. The second-order valence-electron chi connectivity index (χ2n) is 7.15. The first-order chi connectivity index (χ1) is 14.2. The Bertz CT molecular complexity index is 1220. The van der Waals surface area contributed by atoms with E-state index in [1.165, 1.54) is 4.90 Å². The van der Waals surface area contributed by atoms with Gasteiger partial charge in [0.2, 0.25) is 0 Å². The van der Waals surface area contributed by atoms with Crippen LogP contribution in [0.2, 0.25) is 0 Å². The molecule has 2 heterocycles. The highest BCUT2D eigenvalue weighted by atomic mass is 16.5. The van der Waals surface area contributed by atoms with Crippen molar-refractivity contribution in [3.05, 3.63) is 71.8 Å². The third kappa shape index (κ3) is 2.74. The number of imide groups is 1. The van der Waals surface area contributed by atoms with Gasteiger partial charge >= 0.3 is 0 Å². The quantitative estimate of drug-likeness (QED) is 0.363. The molecule has 144 valence electrons. The summed E-state index contributed by atoms with van der Waals surface area (Å²) in [4.78, 5) is 27.4. The van der Waals surface area contributed by atoms with Gasteiger partial charge in [-0.25, -0.2) is 0 Å². The van der Waals surface area contributed by atoms with E-state index in [0.29, 0.717) is 36.1 Å². The molecule has 29 heavy (non-hydrogen) atoms. The predicted octanol–water partition coefficient (Wildman–Crippen LogP) is 4.89. The molecule has 0 N–H and O–H groups in total. The van der Waals surface area contributed by atoms with Crippen LogP contribution in [-0.4, -0.2) is 37.0 Å². The van der Waals surface area contributed by atoms with Crippen LogP contribution in [0.1, 0.15) is 27.1 Å². The first kappa shape index (κ1) is 17.6. The largest absolute Gasteiger partial charge is 0.456 e. The Hall–Kier alpha value is -3.44. The van der Waals surface area contributed by atoms with Crippen molar-refractivity contribution in [1.82, 2.24) is 4.90 Å². The molecule has 4 aromatic rings. The van der Waals surface area contributed by atoms with Crippen LogP contribution in [0.3, 0.4) is 0 Å². The monoisotopic (exact) mass is 385 g/mol. The molecule has 0 radical (unpaired) electrons. The van der Waals surface area contributed by atoms with Crippen LogP contribution in [0.25, 0.3) is 33.1 Å². The first-order valence-electron chi connectivity index (χ1n) is 9.59. The van der Waals surface area contributed by atoms with Crippen LogP contribution >= 0.6 is 0 Å². The van der Waals surface area contributed by atoms with Gasteiger partial charge in [-0.1, -0.05) is 30.3 Å². The van der Waals surface area contributed by atoms with Crippen molar-refractivity contribution in [3.8, 4) is 11.3 Å². The SMILES string of the molecule is COCCCN1C(=O)c2cccc3c(-c4cc5ccccc5o4)ccc(c23)C1=O. The molecule has 1 aliphatic rings. The van der Waals surface area contributed by atoms with Crippen LogP contribution < -0.4 is 0 Å². The topological polar surface area (TPSA) is 59.8 Å². The van der Waals surface area contributed by atoms with Crippen molar-refractivity contribution in [2.24, 2.45) is 0 Å². The number of hydrogen-bond donors (Lipinski definition) is 0. The number of furan rings is 1. The third-order valence-corrected chi connectivity index (χ3v) is 5.41. The second-order valence-corrected chi connectivity index (χ2v) is 7.15. The number of carbonyl (C=O) groups is 2. The average molecular weight is 385 g/mol. The summed E-state index contributed by atoms with van der Waals surface area (Å²) in [5.41, 5.74) is 2.77. The maximum absolute atomic E-state index is 13.0. The second kappa shape index (κ2) is 6.87. The summed E-state index contributed by atoms with van der Waals surface area (Å²) >= 11 is 0. The van der Waals surface area contributed by atoms with E-state index in [1.807, 2.05) is 48.5 Å². The fourth-order valence-corrected chi connectivity index (χ4v) is 4.05. The van der Waals surface area contributed by atoms with Gasteiger partial charge in [-0.15, -0.1) is 0 Å². The van der Waals surface area contributed by atoms with Crippen molar-refractivity contribution in [2.75, 3.05) is 20.3 Å². The highest BCUT2D eigenvalue weighted by molar-refractivity contribution is 6.26. The van der Waals surface area contributed by atoms with Gasteiger partial charge in [0.25, 0.3) is 11.8 Å². The number of nitrogens with zero attached hydrogens (tertiary/aromatic N) is 1. The molecule has 1 aliphatic heterocycles. The fraction of sp³-hybridized carbons (Fsp3) is 0.167. The molecular weight excluding hydrogens is 366 g/mol. The van der Waals surface area contributed by atoms with Gasteiger partial charge in [0.15, 0.2) is 0 Å². The zero-order chi connectivity index (χ0) is 20.0. The highest BCUT2D eigenvalue weighted by Crippen LogP contribution is 2.38. The lowest BCUT2D eigenvalue weighted by atomic mass is 9.90. The fourth-order valence-electron chi connectivity index (χ4n) is 4.05. The predicted molar refractivity (Wildman–Crippen MR) is 111 cm³/mol. The van der Waals surface area contributed by atoms with E-state index in [1.54, 1.807) is 19.2 Å². The minimum atomic E-state index is -0.258. The van der Waals surface area contributed by atoms with Crippen LogP contribution in [0.4, 0.5) is 0 Å².